The first-order chi connectivity index (χ1) is 9.63. The lowest BCUT2D eigenvalue weighted by molar-refractivity contribution is -0.124. The van der Waals surface area contributed by atoms with Crippen LogP contribution in [0.4, 0.5) is 4.39 Å². The maximum atomic E-state index is 12.9. The summed E-state index contributed by atoms with van der Waals surface area (Å²) in [5.74, 6) is -0.195. The minimum atomic E-state index is -0.245. The van der Waals surface area contributed by atoms with E-state index >= 15 is 0 Å². The summed E-state index contributed by atoms with van der Waals surface area (Å²) in [6.45, 7) is 1.88. The van der Waals surface area contributed by atoms with Crippen LogP contribution in [0.15, 0.2) is 42.7 Å². The van der Waals surface area contributed by atoms with E-state index in [1.165, 1.54) is 12.1 Å². The summed E-state index contributed by atoms with van der Waals surface area (Å²) in [6, 6.07) is 8.44. The van der Waals surface area contributed by atoms with Crippen LogP contribution < -0.4 is 5.32 Å². The maximum Gasteiger partial charge on any atom is 0.242 e. The van der Waals surface area contributed by atoms with E-state index in [-0.39, 0.29) is 17.8 Å². The molecule has 0 spiro atoms. The Morgan fingerprint density at radius 2 is 1.95 bits per heavy atom. The van der Waals surface area contributed by atoms with Gasteiger partial charge < -0.3 is 9.88 Å². The minimum absolute atomic E-state index is 0.0498. The van der Waals surface area contributed by atoms with Gasteiger partial charge >= 0.3 is 0 Å². The van der Waals surface area contributed by atoms with Gasteiger partial charge in [-0.1, -0.05) is 12.1 Å². The second-order valence-corrected chi connectivity index (χ2v) is 5.31. The minimum Gasteiger partial charge on any atom is -0.352 e. The fraction of sp³-hybridized carbons (Fsp3) is 0.312. The Hall–Kier alpha value is -2.10. The van der Waals surface area contributed by atoms with Gasteiger partial charge in [0.15, 0.2) is 0 Å². The number of amides is 1. The smallest absolute Gasteiger partial charge is 0.242 e. The molecular weight excluding hydrogens is 255 g/mol. The molecule has 20 heavy (non-hydrogen) atoms. The van der Waals surface area contributed by atoms with Gasteiger partial charge in [-0.05, 0) is 49.1 Å². The highest BCUT2D eigenvalue weighted by molar-refractivity contribution is 5.80. The number of carbonyl (C=O) groups excluding carboxylic acids is 1. The van der Waals surface area contributed by atoms with Crippen molar-refractivity contribution in [3.63, 3.8) is 0 Å². The molecule has 0 aliphatic heterocycles. The molecule has 0 saturated heterocycles. The normalized spacial score (nSPS) is 15.9. The average Bonchev–Trinajstić information content (AvgIpc) is 3.12. The van der Waals surface area contributed by atoms with Crippen LogP contribution in [0.2, 0.25) is 0 Å². The Balaban J connectivity index is 1.75. The summed E-state index contributed by atoms with van der Waals surface area (Å²) in [5.41, 5.74) is 1.93. The zero-order valence-electron chi connectivity index (χ0n) is 11.3. The molecule has 1 N–H and O–H groups in total. The first-order valence-corrected chi connectivity index (χ1v) is 6.87. The first-order valence-electron chi connectivity index (χ1n) is 6.87. The van der Waals surface area contributed by atoms with E-state index in [2.05, 4.69) is 5.32 Å². The lowest BCUT2D eigenvalue weighted by Crippen LogP contribution is -2.32. The molecule has 1 heterocycles. The topological polar surface area (TPSA) is 34.0 Å². The predicted molar refractivity (Wildman–Crippen MR) is 75.7 cm³/mol. The summed E-state index contributed by atoms with van der Waals surface area (Å²) in [5, 5.41) is 3.00. The van der Waals surface area contributed by atoms with Crippen molar-refractivity contribution in [1.82, 2.24) is 9.88 Å². The Labute approximate surface area is 117 Å². The Kier molecular flexibility index (Phi) is 3.30. The third-order valence-corrected chi connectivity index (χ3v) is 3.64. The van der Waals surface area contributed by atoms with Gasteiger partial charge in [0.05, 0.1) is 0 Å². The summed E-state index contributed by atoms with van der Waals surface area (Å²) < 4.78 is 14.8. The number of halogens is 1. The number of carbonyl (C=O) groups is 1. The van der Waals surface area contributed by atoms with Crippen LogP contribution in [0.3, 0.4) is 0 Å². The van der Waals surface area contributed by atoms with Crippen LogP contribution >= 0.6 is 0 Å². The van der Waals surface area contributed by atoms with E-state index in [4.69, 9.17) is 0 Å². The van der Waals surface area contributed by atoms with Crippen LogP contribution in [0.5, 0.6) is 0 Å². The van der Waals surface area contributed by atoms with E-state index in [1.54, 1.807) is 12.1 Å². The molecule has 1 aromatic heterocycles. The number of benzene rings is 1. The van der Waals surface area contributed by atoms with Crippen molar-refractivity contribution in [3.05, 3.63) is 48.5 Å². The average molecular weight is 272 g/mol. The van der Waals surface area contributed by atoms with Crippen LogP contribution in [-0.4, -0.2) is 16.5 Å². The molecular formula is C16H17FN2O. The number of hydrogen-bond donors (Lipinski definition) is 1. The van der Waals surface area contributed by atoms with Gasteiger partial charge in [-0.15, -0.1) is 0 Å². The number of nitrogens with one attached hydrogen (secondary N) is 1. The zero-order valence-corrected chi connectivity index (χ0v) is 11.3. The fourth-order valence-electron chi connectivity index (χ4n) is 2.15. The summed E-state index contributed by atoms with van der Waals surface area (Å²) in [4.78, 5) is 12.0. The van der Waals surface area contributed by atoms with Gasteiger partial charge in [0.25, 0.3) is 0 Å². The van der Waals surface area contributed by atoms with Gasteiger partial charge in [0.2, 0.25) is 5.91 Å². The van der Waals surface area contributed by atoms with E-state index in [9.17, 15) is 9.18 Å². The monoisotopic (exact) mass is 272 g/mol. The molecule has 1 amide bonds. The molecule has 2 aromatic rings. The second-order valence-electron chi connectivity index (χ2n) is 5.31. The highest BCUT2D eigenvalue weighted by Gasteiger charge is 2.26. The Bertz CT molecular complexity index is 614. The summed E-state index contributed by atoms with van der Waals surface area (Å²) >= 11 is 0. The van der Waals surface area contributed by atoms with E-state index in [0.29, 0.717) is 6.04 Å². The lowest BCUT2D eigenvalue weighted by Gasteiger charge is -2.13. The molecule has 3 nitrogen and oxygen atoms in total. The van der Waals surface area contributed by atoms with Crippen molar-refractivity contribution < 1.29 is 9.18 Å². The zero-order chi connectivity index (χ0) is 14.1. The van der Waals surface area contributed by atoms with Crippen molar-refractivity contribution >= 4 is 5.91 Å². The van der Waals surface area contributed by atoms with Gasteiger partial charge in [0.1, 0.15) is 11.9 Å². The maximum absolute atomic E-state index is 12.9. The largest absolute Gasteiger partial charge is 0.352 e. The van der Waals surface area contributed by atoms with Gasteiger partial charge in [-0.3, -0.25) is 4.79 Å². The second kappa shape index (κ2) is 5.12. The van der Waals surface area contributed by atoms with Crippen molar-refractivity contribution in [2.75, 3.05) is 0 Å². The molecule has 1 aliphatic rings. The SMILES string of the molecule is C[C@@H](C(=O)NC1CC1)n1ccc(-c2ccc(F)cc2)c1. The number of hydrogen-bond acceptors (Lipinski definition) is 1. The lowest BCUT2D eigenvalue weighted by atomic mass is 10.1. The van der Waals surface area contributed by atoms with Gasteiger partial charge in [-0.2, -0.15) is 0 Å². The highest BCUT2D eigenvalue weighted by Crippen LogP contribution is 2.23. The van der Waals surface area contributed by atoms with Crippen LogP contribution in [0, 0.1) is 5.82 Å². The number of aromatic nitrogens is 1. The first kappa shape index (κ1) is 12.9. The van der Waals surface area contributed by atoms with Crippen LogP contribution in [0.1, 0.15) is 25.8 Å². The van der Waals surface area contributed by atoms with Crippen LogP contribution in [0.25, 0.3) is 11.1 Å². The van der Waals surface area contributed by atoms with Crippen molar-refractivity contribution in [2.45, 2.75) is 31.8 Å². The molecule has 0 radical (unpaired) electrons. The van der Waals surface area contributed by atoms with Crippen LogP contribution in [-0.2, 0) is 4.79 Å². The molecule has 4 heteroatoms. The van der Waals surface area contributed by atoms with Gasteiger partial charge in [0, 0.05) is 18.4 Å². The molecule has 1 aliphatic carbocycles. The predicted octanol–water partition coefficient (Wildman–Crippen LogP) is 3.13. The molecule has 1 fully saturated rings. The third-order valence-electron chi connectivity index (χ3n) is 3.64. The van der Waals surface area contributed by atoms with E-state index < -0.39 is 0 Å². The van der Waals surface area contributed by atoms with Crippen molar-refractivity contribution in [1.29, 1.82) is 0 Å². The fourth-order valence-corrected chi connectivity index (χ4v) is 2.15. The van der Waals surface area contributed by atoms with Gasteiger partial charge in [-0.25, -0.2) is 4.39 Å². The molecule has 0 bridgehead atoms. The molecule has 1 atom stereocenters. The molecule has 1 aromatic carbocycles. The molecule has 104 valence electrons. The summed E-state index contributed by atoms with van der Waals surface area (Å²) in [6.07, 6.45) is 5.98. The highest BCUT2D eigenvalue weighted by atomic mass is 19.1. The number of nitrogens with zero attached hydrogens (tertiary/aromatic N) is 1. The number of rotatable bonds is 4. The van der Waals surface area contributed by atoms with Crippen molar-refractivity contribution in [2.24, 2.45) is 0 Å². The molecule has 1 saturated carbocycles. The molecule has 0 unspecified atom stereocenters. The third kappa shape index (κ3) is 2.74. The standard InChI is InChI=1S/C16H17FN2O/c1-11(16(20)18-15-6-7-15)19-9-8-13(10-19)12-2-4-14(17)5-3-12/h2-5,8-11,15H,6-7H2,1H3,(H,18,20)/t11-/m0/s1. The van der Waals surface area contributed by atoms with Crippen molar-refractivity contribution in [3.8, 4) is 11.1 Å². The van der Waals surface area contributed by atoms with E-state index in [1.807, 2.05) is 30.0 Å². The Morgan fingerprint density at radius 1 is 1.25 bits per heavy atom. The summed E-state index contributed by atoms with van der Waals surface area (Å²) in [7, 11) is 0. The quantitative estimate of drug-likeness (QED) is 0.911. The van der Waals surface area contributed by atoms with E-state index in [0.717, 1.165) is 24.0 Å². The molecule has 3 rings (SSSR count). The Morgan fingerprint density at radius 3 is 2.60 bits per heavy atom.